The highest BCUT2D eigenvalue weighted by Crippen LogP contribution is 2.22. The van der Waals surface area contributed by atoms with E-state index in [4.69, 9.17) is 0 Å². The van der Waals surface area contributed by atoms with Crippen molar-refractivity contribution >= 4 is 17.5 Å². The summed E-state index contributed by atoms with van der Waals surface area (Å²) in [6, 6.07) is 7.88. The van der Waals surface area contributed by atoms with Crippen LogP contribution in [0.4, 0.5) is 0 Å². The zero-order chi connectivity index (χ0) is 11.3. The van der Waals surface area contributed by atoms with Gasteiger partial charge in [0.05, 0.1) is 0 Å². The van der Waals surface area contributed by atoms with Gasteiger partial charge in [0.2, 0.25) is 0 Å². The molecule has 0 unspecified atom stereocenters. The number of carbonyl (C=O) groups excluding carboxylic acids is 1. The zero-order valence-electron chi connectivity index (χ0n) is 9.62. The molecule has 0 spiro atoms. The molecule has 0 aliphatic rings. The van der Waals surface area contributed by atoms with Crippen LogP contribution in [0.15, 0.2) is 24.3 Å². The van der Waals surface area contributed by atoms with Gasteiger partial charge < -0.3 is 0 Å². The van der Waals surface area contributed by atoms with Gasteiger partial charge in [0.25, 0.3) is 0 Å². The van der Waals surface area contributed by atoms with Gasteiger partial charge in [0, 0.05) is 16.6 Å². The van der Waals surface area contributed by atoms with E-state index >= 15 is 0 Å². The van der Waals surface area contributed by atoms with Crippen LogP contribution in [-0.4, -0.2) is 11.0 Å². The smallest absolute Gasteiger partial charge is 0.160 e. The van der Waals surface area contributed by atoms with Gasteiger partial charge in [-0.25, -0.2) is 0 Å². The quantitative estimate of drug-likeness (QED) is 0.702. The fraction of sp³-hybridized carbons (Fsp3) is 0.462. The monoisotopic (exact) mass is 222 g/mol. The molecule has 0 aliphatic heterocycles. The molecule has 0 fully saturated rings. The maximum Gasteiger partial charge on any atom is 0.160 e. The van der Waals surface area contributed by atoms with Crippen molar-refractivity contribution in [3.63, 3.8) is 0 Å². The van der Waals surface area contributed by atoms with Crippen molar-refractivity contribution in [3.8, 4) is 0 Å². The molecule has 2 heteroatoms. The van der Waals surface area contributed by atoms with Crippen molar-refractivity contribution in [2.75, 3.05) is 0 Å². The lowest BCUT2D eigenvalue weighted by Gasteiger charge is -2.10. The van der Waals surface area contributed by atoms with E-state index in [1.165, 1.54) is 6.42 Å². The topological polar surface area (TPSA) is 17.1 Å². The Hall–Kier alpha value is -0.760. The fourth-order valence-corrected chi connectivity index (χ4v) is 2.29. The normalized spacial score (nSPS) is 12.5. The van der Waals surface area contributed by atoms with E-state index in [1.807, 2.05) is 36.0 Å². The molecule has 1 nitrogen and oxygen atoms in total. The first-order chi connectivity index (χ1) is 7.15. The summed E-state index contributed by atoms with van der Waals surface area (Å²) in [5.41, 5.74) is 2.03. The van der Waals surface area contributed by atoms with E-state index in [-0.39, 0.29) is 5.78 Å². The molecule has 0 amide bonds. The molecule has 0 aromatic heterocycles. The predicted molar refractivity (Wildman–Crippen MR) is 67.5 cm³/mol. The number of rotatable bonds is 5. The molecule has 82 valence electrons. The first-order valence-electron chi connectivity index (χ1n) is 5.35. The lowest BCUT2D eigenvalue weighted by molar-refractivity contribution is 0.101. The van der Waals surface area contributed by atoms with Crippen LogP contribution >= 0.6 is 11.8 Å². The molecule has 1 atom stereocenters. The van der Waals surface area contributed by atoms with Crippen molar-refractivity contribution < 1.29 is 4.79 Å². The van der Waals surface area contributed by atoms with Gasteiger partial charge in [0.15, 0.2) is 5.78 Å². The average molecular weight is 222 g/mol. The van der Waals surface area contributed by atoms with E-state index in [2.05, 4.69) is 13.8 Å². The Bertz CT molecular complexity index is 333. The largest absolute Gasteiger partial charge is 0.295 e. The van der Waals surface area contributed by atoms with Crippen molar-refractivity contribution in [2.24, 2.45) is 0 Å². The SMILES string of the molecule is CC[C@H](C)SCc1ccccc1C(C)=O. The first-order valence-corrected chi connectivity index (χ1v) is 6.40. The second-order valence-electron chi connectivity index (χ2n) is 3.74. The van der Waals surface area contributed by atoms with Gasteiger partial charge in [-0.3, -0.25) is 4.79 Å². The zero-order valence-corrected chi connectivity index (χ0v) is 10.4. The van der Waals surface area contributed by atoms with Crippen LogP contribution in [0.2, 0.25) is 0 Å². The highest BCUT2D eigenvalue weighted by molar-refractivity contribution is 7.99. The van der Waals surface area contributed by atoms with E-state index in [9.17, 15) is 4.79 Å². The van der Waals surface area contributed by atoms with Gasteiger partial charge in [-0.2, -0.15) is 11.8 Å². The summed E-state index contributed by atoms with van der Waals surface area (Å²) < 4.78 is 0. The molecule has 0 saturated heterocycles. The summed E-state index contributed by atoms with van der Waals surface area (Å²) in [6.07, 6.45) is 1.17. The Balaban J connectivity index is 2.72. The lowest BCUT2D eigenvalue weighted by Crippen LogP contribution is -2.00. The lowest BCUT2D eigenvalue weighted by atomic mass is 10.1. The summed E-state index contributed by atoms with van der Waals surface area (Å²) >= 11 is 1.91. The van der Waals surface area contributed by atoms with Crippen molar-refractivity contribution in [2.45, 2.75) is 38.2 Å². The predicted octanol–water partition coefficient (Wildman–Crippen LogP) is 3.92. The second-order valence-corrected chi connectivity index (χ2v) is 5.17. The number of carbonyl (C=O) groups is 1. The third-order valence-electron chi connectivity index (χ3n) is 2.49. The number of thioether (sulfide) groups is 1. The summed E-state index contributed by atoms with van der Waals surface area (Å²) in [7, 11) is 0. The van der Waals surface area contributed by atoms with Crippen molar-refractivity contribution in [3.05, 3.63) is 35.4 Å². The van der Waals surface area contributed by atoms with Crippen LogP contribution in [0.25, 0.3) is 0 Å². The molecule has 0 saturated carbocycles. The number of hydrogen-bond acceptors (Lipinski definition) is 2. The highest BCUT2D eigenvalue weighted by atomic mass is 32.2. The number of Topliss-reactive ketones (excluding diaryl/α,β-unsaturated/α-hetero) is 1. The molecule has 15 heavy (non-hydrogen) atoms. The van der Waals surface area contributed by atoms with Gasteiger partial charge in [-0.1, -0.05) is 38.1 Å². The first kappa shape index (κ1) is 12.3. The average Bonchev–Trinajstić information content (AvgIpc) is 2.26. The number of hydrogen-bond donors (Lipinski definition) is 0. The molecule has 0 bridgehead atoms. The summed E-state index contributed by atoms with van der Waals surface area (Å²) in [5, 5.41) is 0.657. The fourth-order valence-electron chi connectivity index (χ4n) is 1.34. The second kappa shape index (κ2) is 5.96. The van der Waals surface area contributed by atoms with E-state index in [1.54, 1.807) is 6.92 Å². The van der Waals surface area contributed by atoms with Crippen LogP contribution in [0.3, 0.4) is 0 Å². The molecule has 0 aliphatic carbocycles. The molecule has 1 aromatic rings. The third-order valence-corrected chi connectivity index (χ3v) is 3.87. The van der Waals surface area contributed by atoms with E-state index < -0.39 is 0 Å². The van der Waals surface area contributed by atoms with Gasteiger partial charge in [0.1, 0.15) is 0 Å². The molecule has 0 heterocycles. The molecular weight excluding hydrogens is 204 g/mol. The Kier molecular flexibility index (Phi) is 4.89. The minimum atomic E-state index is 0.162. The maximum atomic E-state index is 11.4. The molecule has 1 rings (SSSR count). The molecule has 0 N–H and O–H groups in total. The van der Waals surface area contributed by atoms with Crippen LogP contribution in [0.5, 0.6) is 0 Å². The Morgan fingerprint density at radius 1 is 1.40 bits per heavy atom. The highest BCUT2D eigenvalue weighted by Gasteiger charge is 2.07. The van der Waals surface area contributed by atoms with E-state index in [0.717, 1.165) is 16.9 Å². The molecule has 0 radical (unpaired) electrons. The van der Waals surface area contributed by atoms with Crippen LogP contribution in [-0.2, 0) is 5.75 Å². The molecular formula is C13H18OS. The summed E-state index contributed by atoms with van der Waals surface area (Å²) in [5.74, 6) is 1.10. The maximum absolute atomic E-state index is 11.4. The van der Waals surface area contributed by atoms with E-state index in [0.29, 0.717) is 5.25 Å². The standard InChI is InChI=1S/C13H18OS/c1-4-10(2)15-9-12-7-5-6-8-13(12)11(3)14/h5-8,10H,4,9H2,1-3H3/t10-/m0/s1. The third kappa shape index (κ3) is 3.71. The van der Waals surface area contributed by atoms with Crippen LogP contribution in [0, 0.1) is 0 Å². The van der Waals surface area contributed by atoms with Crippen LogP contribution in [0.1, 0.15) is 43.1 Å². The molecule has 1 aromatic carbocycles. The minimum absolute atomic E-state index is 0.162. The number of ketones is 1. The van der Waals surface area contributed by atoms with Crippen LogP contribution < -0.4 is 0 Å². The van der Waals surface area contributed by atoms with Crippen molar-refractivity contribution in [1.29, 1.82) is 0 Å². The Morgan fingerprint density at radius 2 is 2.07 bits per heavy atom. The van der Waals surface area contributed by atoms with Gasteiger partial charge in [-0.15, -0.1) is 0 Å². The summed E-state index contributed by atoms with van der Waals surface area (Å²) in [4.78, 5) is 11.4. The minimum Gasteiger partial charge on any atom is -0.295 e. The number of benzene rings is 1. The van der Waals surface area contributed by atoms with Gasteiger partial charge >= 0.3 is 0 Å². The van der Waals surface area contributed by atoms with Gasteiger partial charge in [-0.05, 0) is 18.9 Å². The summed E-state index contributed by atoms with van der Waals surface area (Å²) in [6.45, 7) is 6.04. The van der Waals surface area contributed by atoms with Crippen molar-refractivity contribution in [1.82, 2.24) is 0 Å². The Morgan fingerprint density at radius 3 is 2.67 bits per heavy atom. The Labute approximate surface area is 96.3 Å².